The normalized spacial score (nSPS) is 24.6. The fraction of sp³-hybridized carbons (Fsp3) is 0.200. The van der Waals surface area contributed by atoms with Crippen LogP contribution in [0.5, 0.6) is 0 Å². The van der Waals surface area contributed by atoms with E-state index < -0.39 is 23.6 Å². The lowest BCUT2D eigenvalue weighted by Gasteiger charge is -2.24. The molecule has 3 nitrogen and oxygen atoms in total. The largest absolute Gasteiger partial charge is 0.413 e. The van der Waals surface area contributed by atoms with Gasteiger partial charge in [-0.3, -0.25) is 4.79 Å². The number of carbonyl (C=O) groups is 1. The summed E-state index contributed by atoms with van der Waals surface area (Å²) in [6.07, 6.45) is -0.0695. The van der Waals surface area contributed by atoms with E-state index in [-0.39, 0.29) is 11.4 Å². The van der Waals surface area contributed by atoms with Crippen LogP contribution in [-0.2, 0) is 4.79 Å². The lowest BCUT2D eigenvalue weighted by atomic mass is 9.87. The van der Waals surface area contributed by atoms with Gasteiger partial charge in [0.15, 0.2) is 0 Å². The zero-order valence-electron chi connectivity index (χ0n) is 7.95. The zero-order valence-corrected chi connectivity index (χ0v) is 7.95. The predicted octanol–water partition coefficient (Wildman–Crippen LogP) is 1.48. The average Bonchev–Trinajstić information content (AvgIpc) is 2.14. The molecular weight excluding hydrogens is 221 g/mol. The van der Waals surface area contributed by atoms with E-state index >= 15 is 0 Å². The standard InChI is InChI=1S/C10H7F3N2O/c11-10(12,13)7-4-9(16)15-8-3-5(14)1-2-6(7)8/h1-4,6H,14H2. The Morgan fingerprint density at radius 1 is 1.31 bits per heavy atom. The van der Waals surface area contributed by atoms with Gasteiger partial charge in [-0.2, -0.15) is 13.2 Å². The van der Waals surface area contributed by atoms with Gasteiger partial charge in [-0.05, 0) is 12.2 Å². The summed E-state index contributed by atoms with van der Waals surface area (Å²) in [7, 11) is 0. The summed E-state index contributed by atoms with van der Waals surface area (Å²) in [6.45, 7) is 0. The number of hydrogen-bond donors (Lipinski definition) is 1. The van der Waals surface area contributed by atoms with Crippen LogP contribution in [0.1, 0.15) is 0 Å². The van der Waals surface area contributed by atoms with Gasteiger partial charge in [0.1, 0.15) is 0 Å². The van der Waals surface area contributed by atoms with Crippen LogP contribution in [0.25, 0.3) is 0 Å². The van der Waals surface area contributed by atoms with E-state index in [9.17, 15) is 18.0 Å². The Balaban J connectivity index is 2.46. The van der Waals surface area contributed by atoms with E-state index in [1.54, 1.807) is 0 Å². The molecule has 0 aromatic carbocycles. The Morgan fingerprint density at radius 3 is 2.62 bits per heavy atom. The molecule has 16 heavy (non-hydrogen) atoms. The van der Waals surface area contributed by atoms with Gasteiger partial charge in [-0.15, -0.1) is 0 Å². The molecule has 0 bridgehead atoms. The molecule has 84 valence electrons. The fourth-order valence-corrected chi connectivity index (χ4v) is 1.62. The number of nitrogens with zero attached hydrogens (tertiary/aromatic N) is 1. The maximum absolute atomic E-state index is 12.6. The highest BCUT2D eigenvalue weighted by molar-refractivity contribution is 6.12. The second-order valence-electron chi connectivity index (χ2n) is 3.45. The monoisotopic (exact) mass is 228 g/mol. The maximum Gasteiger partial charge on any atom is 0.413 e. The minimum absolute atomic E-state index is 0.0415. The summed E-state index contributed by atoms with van der Waals surface area (Å²) >= 11 is 0. The van der Waals surface area contributed by atoms with Crippen molar-refractivity contribution in [2.45, 2.75) is 6.18 Å². The van der Waals surface area contributed by atoms with Gasteiger partial charge in [0.25, 0.3) is 5.91 Å². The molecule has 2 rings (SSSR count). The fourth-order valence-electron chi connectivity index (χ4n) is 1.62. The lowest BCUT2D eigenvalue weighted by molar-refractivity contribution is -0.116. The molecule has 2 aliphatic rings. The van der Waals surface area contributed by atoms with E-state index in [0.717, 1.165) is 0 Å². The van der Waals surface area contributed by atoms with Gasteiger partial charge in [0.2, 0.25) is 0 Å². The van der Waals surface area contributed by atoms with Gasteiger partial charge in [0, 0.05) is 11.8 Å². The summed E-state index contributed by atoms with van der Waals surface area (Å²) in [4.78, 5) is 14.5. The molecule has 0 saturated heterocycles. The smallest absolute Gasteiger partial charge is 0.399 e. The number of alkyl halides is 3. The highest BCUT2D eigenvalue weighted by Crippen LogP contribution is 2.36. The van der Waals surface area contributed by atoms with Crippen LogP contribution in [0, 0.1) is 5.92 Å². The first-order chi connectivity index (χ1) is 7.38. The second kappa shape index (κ2) is 3.33. The molecule has 1 unspecified atom stereocenters. The average molecular weight is 228 g/mol. The number of halogens is 3. The number of fused-ring (bicyclic) bond motifs is 1. The Labute approximate surface area is 88.8 Å². The molecule has 2 N–H and O–H groups in total. The molecule has 6 heteroatoms. The van der Waals surface area contributed by atoms with Crippen molar-refractivity contribution >= 4 is 11.6 Å². The molecule has 1 aliphatic carbocycles. The van der Waals surface area contributed by atoms with Crippen molar-refractivity contribution in [1.82, 2.24) is 0 Å². The quantitative estimate of drug-likeness (QED) is 0.682. The van der Waals surface area contributed by atoms with Gasteiger partial charge < -0.3 is 5.73 Å². The number of allylic oxidation sites excluding steroid dienone is 4. The number of nitrogens with two attached hydrogens (primary N) is 1. The number of aliphatic imine (C=N–C) groups is 1. The summed E-state index contributed by atoms with van der Waals surface area (Å²) in [5, 5.41) is 0. The highest BCUT2D eigenvalue weighted by atomic mass is 19.4. The maximum atomic E-state index is 12.6. The number of dihydropyridines is 1. The zero-order chi connectivity index (χ0) is 11.9. The molecule has 0 fully saturated rings. The third kappa shape index (κ3) is 1.78. The van der Waals surface area contributed by atoms with Crippen LogP contribution < -0.4 is 5.73 Å². The van der Waals surface area contributed by atoms with E-state index in [4.69, 9.17) is 5.73 Å². The van der Waals surface area contributed by atoms with Crippen molar-refractivity contribution in [2.75, 3.05) is 0 Å². The van der Waals surface area contributed by atoms with E-state index in [0.29, 0.717) is 6.08 Å². The Morgan fingerprint density at radius 2 is 2.00 bits per heavy atom. The van der Waals surface area contributed by atoms with Crippen molar-refractivity contribution in [3.63, 3.8) is 0 Å². The number of hydrogen-bond acceptors (Lipinski definition) is 2. The van der Waals surface area contributed by atoms with E-state index in [1.165, 1.54) is 18.2 Å². The van der Waals surface area contributed by atoms with Crippen molar-refractivity contribution in [3.05, 3.63) is 35.6 Å². The van der Waals surface area contributed by atoms with Crippen LogP contribution in [0.3, 0.4) is 0 Å². The van der Waals surface area contributed by atoms with E-state index in [2.05, 4.69) is 4.99 Å². The predicted molar refractivity (Wildman–Crippen MR) is 51.5 cm³/mol. The van der Waals surface area contributed by atoms with Crippen LogP contribution in [-0.4, -0.2) is 17.8 Å². The number of rotatable bonds is 0. The summed E-state index contributed by atoms with van der Waals surface area (Å²) < 4.78 is 37.9. The molecular formula is C10H7F3N2O. The Hall–Kier alpha value is -1.85. The SMILES string of the molecule is NC1=CC2=NC(=O)C=C(C(F)(F)F)C2C=C1. The minimum Gasteiger partial charge on any atom is -0.399 e. The van der Waals surface area contributed by atoms with Crippen LogP contribution in [0.4, 0.5) is 13.2 Å². The minimum atomic E-state index is -4.54. The summed E-state index contributed by atoms with van der Waals surface area (Å²) in [5.74, 6) is -1.93. The Bertz CT molecular complexity index is 469. The van der Waals surface area contributed by atoms with Gasteiger partial charge in [-0.1, -0.05) is 6.08 Å². The third-order valence-corrected chi connectivity index (χ3v) is 2.29. The lowest BCUT2D eigenvalue weighted by Crippen LogP contribution is -2.30. The van der Waals surface area contributed by atoms with Crippen LogP contribution in [0.2, 0.25) is 0 Å². The molecule has 1 heterocycles. The Kier molecular flexibility index (Phi) is 2.22. The van der Waals surface area contributed by atoms with Gasteiger partial charge in [-0.25, -0.2) is 4.99 Å². The molecule has 1 aliphatic heterocycles. The van der Waals surface area contributed by atoms with Gasteiger partial charge >= 0.3 is 6.18 Å². The first-order valence-electron chi connectivity index (χ1n) is 4.44. The summed E-state index contributed by atoms with van der Waals surface area (Å²) in [6, 6.07) is 0. The van der Waals surface area contributed by atoms with Crippen molar-refractivity contribution in [1.29, 1.82) is 0 Å². The van der Waals surface area contributed by atoms with Crippen molar-refractivity contribution < 1.29 is 18.0 Å². The molecule has 0 spiro atoms. The molecule has 0 radical (unpaired) electrons. The number of amides is 1. The summed E-state index contributed by atoms with van der Waals surface area (Å²) in [5.41, 5.74) is 4.85. The first kappa shape index (κ1) is 10.7. The third-order valence-electron chi connectivity index (χ3n) is 2.29. The molecule has 0 aromatic heterocycles. The number of carbonyl (C=O) groups excluding carboxylic acids is 1. The van der Waals surface area contributed by atoms with Crippen molar-refractivity contribution in [3.8, 4) is 0 Å². The van der Waals surface area contributed by atoms with E-state index in [1.807, 2.05) is 0 Å². The van der Waals surface area contributed by atoms with Gasteiger partial charge in [0.05, 0.1) is 17.2 Å². The topological polar surface area (TPSA) is 55.4 Å². The van der Waals surface area contributed by atoms with Crippen LogP contribution >= 0.6 is 0 Å². The molecule has 0 aromatic rings. The van der Waals surface area contributed by atoms with Crippen LogP contribution in [0.15, 0.2) is 40.6 Å². The first-order valence-corrected chi connectivity index (χ1v) is 4.44. The second-order valence-corrected chi connectivity index (χ2v) is 3.45. The molecule has 1 atom stereocenters. The highest BCUT2D eigenvalue weighted by Gasteiger charge is 2.42. The molecule has 1 amide bonds. The molecule has 0 saturated carbocycles. The van der Waals surface area contributed by atoms with Crippen molar-refractivity contribution in [2.24, 2.45) is 16.6 Å².